The summed E-state index contributed by atoms with van der Waals surface area (Å²) in [6.45, 7) is 1.90. The van der Waals surface area contributed by atoms with Crippen LogP contribution < -0.4 is 5.32 Å². The number of hydrogen-bond acceptors (Lipinski definition) is 3. The van der Waals surface area contributed by atoms with Crippen LogP contribution in [0.15, 0.2) is 48.5 Å². The molecule has 0 spiro atoms. The highest BCUT2D eigenvalue weighted by Gasteiger charge is 2.42. The van der Waals surface area contributed by atoms with E-state index in [1.54, 1.807) is 12.1 Å². The fraction of sp³-hybridized carbons (Fsp3) is 0.188. The summed E-state index contributed by atoms with van der Waals surface area (Å²) in [7, 11) is 0. The molecule has 1 aliphatic rings. The Morgan fingerprint density at radius 1 is 1.14 bits per heavy atom. The summed E-state index contributed by atoms with van der Waals surface area (Å²) in [6.07, 6.45) is 0.508. The number of non-ortho nitro benzene ring substituents is 1. The van der Waals surface area contributed by atoms with Gasteiger partial charge in [0.1, 0.15) is 0 Å². The lowest BCUT2D eigenvalue weighted by Crippen LogP contribution is -2.33. The van der Waals surface area contributed by atoms with Gasteiger partial charge in [-0.15, -0.1) is 0 Å². The lowest BCUT2D eigenvalue weighted by Gasteiger charge is -2.22. The first kappa shape index (κ1) is 13.3. The van der Waals surface area contributed by atoms with Crippen molar-refractivity contribution in [3.05, 3.63) is 69.8 Å². The SMILES string of the molecule is C[C@@]1(Cc2ccc([N+](=O)[O-])cc2)C(=O)Nc2ccccc21. The molecule has 106 valence electrons. The minimum Gasteiger partial charge on any atom is -0.325 e. The Labute approximate surface area is 121 Å². The van der Waals surface area contributed by atoms with Gasteiger partial charge in [-0.25, -0.2) is 0 Å². The number of benzene rings is 2. The summed E-state index contributed by atoms with van der Waals surface area (Å²) >= 11 is 0. The van der Waals surface area contributed by atoms with Gasteiger partial charge < -0.3 is 5.32 Å². The Balaban J connectivity index is 1.93. The van der Waals surface area contributed by atoms with Crippen molar-refractivity contribution < 1.29 is 9.72 Å². The van der Waals surface area contributed by atoms with Gasteiger partial charge in [-0.2, -0.15) is 0 Å². The standard InChI is InChI=1S/C16H14N2O3/c1-16(10-11-6-8-12(9-7-11)18(20)21)13-4-2-3-5-14(13)17-15(16)19/h2-9H,10H2,1H3,(H,17,19)/t16-/m0/s1. The van der Waals surface area contributed by atoms with E-state index in [4.69, 9.17) is 0 Å². The molecule has 3 rings (SSSR count). The number of nitrogens with one attached hydrogen (secondary N) is 1. The Morgan fingerprint density at radius 2 is 1.81 bits per heavy atom. The molecule has 0 saturated carbocycles. The van der Waals surface area contributed by atoms with Crippen molar-refractivity contribution in [2.45, 2.75) is 18.8 Å². The molecule has 1 aliphatic heterocycles. The van der Waals surface area contributed by atoms with Gasteiger partial charge in [-0.1, -0.05) is 30.3 Å². The van der Waals surface area contributed by atoms with Crippen molar-refractivity contribution in [3.63, 3.8) is 0 Å². The molecule has 0 bridgehead atoms. The van der Waals surface area contributed by atoms with Crippen LogP contribution in [-0.2, 0) is 16.6 Å². The average Bonchev–Trinajstić information content (AvgIpc) is 2.71. The monoisotopic (exact) mass is 282 g/mol. The highest BCUT2D eigenvalue weighted by atomic mass is 16.6. The van der Waals surface area contributed by atoms with Crippen LogP contribution in [0.4, 0.5) is 11.4 Å². The molecule has 1 heterocycles. The Bertz CT molecular complexity index is 725. The third kappa shape index (κ3) is 2.16. The van der Waals surface area contributed by atoms with Gasteiger partial charge >= 0.3 is 0 Å². The lowest BCUT2D eigenvalue weighted by atomic mass is 9.78. The highest BCUT2D eigenvalue weighted by Crippen LogP contribution is 2.39. The normalized spacial score (nSPS) is 20.0. The highest BCUT2D eigenvalue weighted by molar-refractivity contribution is 6.06. The molecule has 1 atom stereocenters. The van der Waals surface area contributed by atoms with Crippen LogP contribution in [0, 0.1) is 10.1 Å². The van der Waals surface area contributed by atoms with E-state index in [1.165, 1.54) is 12.1 Å². The van der Waals surface area contributed by atoms with Crippen LogP contribution in [0.5, 0.6) is 0 Å². The Hall–Kier alpha value is -2.69. The molecule has 2 aromatic carbocycles. The zero-order chi connectivity index (χ0) is 15.0. The number of carbonyl (C=O) groups excluding carboxylic acids is 1. The Morgan fingerprint density at radius 3 is 2.48 bits per heavy atom. The zero-order valence-corrected chi connectivity index (χ0v) is 11.5. The largest absolute Gasteiger partial charge is 0.325 e. The molecule has 0 aliphatic carbocycles. The summed E-state index contributed by atoms with van der Waals surface area (Å²) in [5, 5.41) is 13.6. The molecule has 21 heavy (non-hydrogen) atoms. The van der Waals surface area contributed by atoms with Gasteiger partial charge in [-0.05, 0) is 30.5 Å². The quantitative estimate of drug-likeness (QED) is 0.694. The number of nitrogens with zero attached hydrogens (tertiary/aromatic N) is 1. The van der Waals surface area contributed by atoms with E-state index >= 15 is 0 Å². The zero-order valence-electron chi connectivity index (χ0n) is 11.5. The van der Waals surface area contributed by atoms with Crippen LogP contribution >= 0.6 is 0 Å². The molecule has 5 nitrogen and oxygen atoms in total. The lowest BCUT2D eigenvalue weighted by molar-refractivity contribution is -0.384. The van der Waals surface area contributed by atoms with E-state index in [0.29, 0.717) is 6.42 Å². The van der Waals surface area contributed by atoms with Crippen LogP contribution in [0.3, 0.4) is 0 Å². The third-order valence-corrected chi connectivity index (χ3v) is 3.98. The molecule has 1 amide bonds. The van der Waals surface area contributed by atoms with Gasteiger partial charge in [0.15, 0.2) is 0 Å². The number of nitro groups is 1. The fourth-order valence-electron chi connectivity index (χ4n) is 2.78. The van der Waals surface area contributed by atoms with Gasteiger partial charge in [0, 0.05) is 17.8 Å². The summed E-state index contributed by atoms with van der Waals surface area (Å²) in [4.78, 5) is 22.6. The number of carbonyl (C=O) groups is 1. The summed E-state index contributed by atoms with van der Waals surface area (Å²) in [6, 6.07) is 14.0. The molecular formula is C16H14N2O3. The van der Waals surface area contributed by atoms with Crippen molar-refractivity contribution in [1.82, 2.24) is 0 Å². The predicted octanol–water partition coefficient (Wildman–Crippen LogP) is 3.05. The van der Waals surface area contributed by atoms with Crippen LogP contribution in [0.2, 0.25) is 0 Å². The molecule has 0 fully saturated rings. The van der Waals surface area contributed by atoms with E-state index in [1.807, 2.05) is 31.2 Å². The number of hydrogen-bond donors (Lipinski definition) is 1. The van der Waals surface area contributed by atoms with Gasteiger partial charge in [0.2, 0.25) is 5.91 Å². The maximum absolute atomic E-state index is 12.3. The number of amides is 1. The first-order valence-corrected chi connectivity index (χ1v) is 6.65. The molecule has 5 heteroatoms. The molecular weight excluding hydrogens is 268 g/mol. The number of anilines is 1. The van der Waals surface area contributed by atoms with Gasteiger partial charge in [0.25, 0.3) is 5.69 Å². The number of rotatable bonds is 3. The second kappa shape index (κ2) is 4.70. The molecule has 2 aromatic rings. The number of para-hydroxylation sites is 1. The van der Waals surface area contributed by atoms with E-state index in [9.17, 15) is 14.9 Å². The van der Waals surface area contributed by atoms with Crippen molar-refractivity contribution in [1.29, 1.82) is 0 Å². The maximum atomic E-state index is 12.3. The van der Waals surface area contributed by atoms with Crippen molar-refractivity contribution in [2.75, 3.05) is 5.32 Å². The van der Waals surface area contributed by atoms with Crippen LogP contribution in [0.25, 0.3) is 0 Å². The molecule has 1 N–H and O–H groups in total. The molecule has 0 radical (unpaired) electrons. The minimum atomic E-state index is -0.646. The van der Waals surface area contributed by atoms with Gasteiger partial charge in [-0.3, -0.25) is 14.9 Å². The molecule has 0 aromatic heterocycles. The molecule has 0 saturated heterocycles. The summed E-state index contributed by atoms with van der Waals surface area (Å²) < 4.78 is 0. The fourth-order valence-corrected chi connectivity index (χ4v) is 2.78. The van der Waals surface area contributed by atoms with E-state index in [2.05, 4.69) is 5.32 Å². The van der Waals surface area contributed by atoms with Crippen molar-refractivity contribution >= 4 is 17.3 Å². The number of fused-ring (bicyclic) bond motifs is 1. The average molecular weight is 282 g/mol. The second-order valence-corrected chi connectivity index (χ2v) is 5.43. The summed E-state index contributed by atoms with van der Waals surface area (Å²) in [5.74, 6) is -0.0398. The maximum Gasteiger partial charge on any atom is 0.269 e. The third-order valence-electron chi connectivity index (χ3n) is 3.98. The topological polar surface area (TPSA) is 72.2 Å². The smallest absolute Gasteiger partial charge is 0.269 e. The first-order valence-electron chi connectivity index (χ1n) is 6.65. The van der Waals surface area contributed by atoms with Crippen molar-refractivity contribution in [3.8, 4) is 0 Å². The summed E-state index contributed by atoms with van der Waals surface area (Å²) in [5.41, 5.74) is 2.11. The van der Waals surface area contributed by atoms with Crippen molar-refractivity contribution in [2.24, 2.45) is 0 Å². The Kier molecular flexibility index (Phi) is 2.97. The minimum absolute atomic E-state index is 0.0398. The van der Waals surface area contributed by atoms with Crippen LogP contribution in [-0.4, -0.2) is 10.8 Å². The number of nitro benzene ring substituents is 1. The predicted molar refractivity (Wildman–Crippen MR) is 79.2 cm³/mol. The van der Waals surface area contributed by atoms with E-state index in [-0.39, 0.29) is 11.6 Å². The van der Waals surface area contributed by atoms with Gasteiger partial charge in [0.05, 0.1) is 10.3 Å². The van der Waals surface area contributed by atoms with E-state index < -0.39 is 10.3 Å². The second-order valence-electron chi connectivity index (χ2n) is 5.43. The van der Waals surface area contributed by atoms with E-state index in [0.717, 1.165) is 16.8 Å². The molecule has 0 unspecified atom stereocenters. The van der Waals surface area contributed by atoms with Crippen LogP contribution in [0.1, 0.15) is 18.1 Å². The first-order chi connectivity index (χ1) is 10.0.